The highest BCUT2D eigenvalue weighted by Crippen LogP contribution is 2.27. The number of hydrogen-bond acceptors (Lipinski definition) is 4. The molecular formula is C27H27N3O3S. The molecular weight excluding hydrogens is 446 g/mol. The summed E-state index contributed by atoms with van der Waals surface area (Å²) in [7, 11) is 1.61. The van der Waals surface area contributed by atoms with Gasteiger partial charge in [0.1, 0.15) is 11.8 Å². The van der Waals surface area contributed by atoms with Crippen LogP contribution in [-0.4, -0.2) is 41.5 Å². The number of aryl methyl sites for hydroxylation is 1. The lowest BCUT2D eigenvalue weighted by Gasteiger charge is -2.30. The van der Waals surface area contributed by atoms with Gasteiger partial charge in [-0.1, -0.05) is 48.0 Å². The Hall–Kier alpha value is -3.71. The third kappa shape index (κ3) is 5.26. The largest absolute Gasteiger partial charge is 0.497 e. The van der Waals surface area contributed by atoms with Gasteiger partial charge in [-0.3, -0.25) is 9.59 Å². The third-order valence-electron chi connectivity index (χ3n) is 5.88. The number of nitrogens with zero attached hydrogens (tertiary/aromatic N) is 2. The Bertz CT molecular complexity index is 1160. The van der Waals surface area contributed by atoms with Crippen molar-refractivity contribution < 1.29 is 14.3 Å². The summed E-state index contributed by atoms with van der Waals surface area (Å²) in [5, 5.41) is 3.62. The smallest absolute Gasteiger partial charge is 0.257 e. The van der Waals surface area contributed by atoms with Crippen LogP contribution < -0.4 is 15.0 Å². The molecule has 6 nitrogen and oxygen atoms in total. The molecule has 1 unspecified atom stereocenters. The summed E-state index contributed by atoms with van der Waals surface area (Å²) in [6.45, 7) is 2.46. The van der Waals surface area contributed by atoms with Crippen LogP contribution in [0.25, 0.3) is 0 Å². The molecule has 0 bridgehead atoms. The highest BCUT2D eigenvalue weighted by atomic mass is 32.1. The third-order valence-corrected chi connectivity index (χ3v) is 6.21. The highest BCUT2D eigenvalue weighted by molar-refractivity contribution is 7.80. The average Bonchev–Trinajstić information content (AvgIpc) is 3.14. The molecule has 3 aromatic rings. The van der Waals surface area contributed by atoms with Gasteiger partial charge in [-0.25, -0.2) is 4.90 Å². The van der Waals surface area contributed by atoms with Gasteiger partial charge in [0.25, 0.3) is 5.91 Å². The van der Waals surface area contributed by atoms with E-state index in [2.05, 4.69) is 5.32 Å². The molecule has 2 amide bonds. The van der Waals surface area contributed by atoms with E-state index in [0.717, 1.165) is 22.6 Å². The Morgan fingerprint density at radius 3 is 2.35 bits per heavy atom. The van der Waals surface area contributed by atoms with Crippen LogP contribution in [0.2, 0.25) is 0 Å². The molecule has 34 heavy (non-hydrogen) atoms. The molecule has 1 N–H and O–H groups in total. The van der Waals surface area contributed by atoms with E-state index in [0.29, 0.717) is 23.8 Å². The number of nitrogens with one attached hydrogen (secondary N) is 1. The Balaban J connectivity index is 1.57. The molecule has 3 aromatic carbocycles. The first-order valence-corrected chi connectivity index (χ1v) is 11.6. The molecule has 0 aliphatic carbocycles. The second-order valence-corrected chi connectivity index (χ2v) is 8.60. The number of hydrogen-bond donors (Lipinski definition) is 1. The molecule has 0 saturated carbocycles. The fraction of sp³-hybridized carbons (Fsp3) is 0.222. The SMILES string of the molecule is COc1ccc(NC(=S)N(CCc2ccccc2)C2CC(=O)N(c3ccc(C)cc3)C2=O)cc1. The normalized spacial score (nSPS) is 15.4. The van der Waals surface area contributed by atoms with Gasteiger partial charge in [-0.05, 0) is 67.5 Å². The summed E-state index contributed by atoms with van der Waals surface area (Å²) in [5.74, 6) is 0.249. The van der Waals surface area contributed by atoms with Gasteiger partial charge in [0.15, 0.2) is 5.11 Å². The number of anilines is 2. The van der Waals surface area contributed by atoms with Crippen molar-refractivity contribution in [3.63, 3.8) is 0 Å². The topological polar surface area (TPSA) is 61.9 Å². The van der Waals surface area contributed by atoms with Crippen LogP contribution in [0.15, 0.2) is 78.9 Å². The van der Waals surface area contributed by atoms with Crippen molar-refractivity contribution >= 4 is 40.5 Å². The molecule has 4 rings (SSSR count). The maximum atomic E-state index is 13.5. The first kappa shape index (κ1) is 23.4. The lowest BCUT2D eigenvalue weighted by molar-refractivity contribution is -0.122. The molecule has 1 aliphatic heterocycles. The van der Waals surface area contributed by atoms with Gasteiger partial charge >= 0.3 is 0 Å². The second kappa shape index (κ2) is 10.5. The van der Waals surface area contributed by atoms with E-state index >= 15 is 0 Å². The summed E-state index contributed by atoms with van der Waals surface area (Å²) in [4.78, 5) is 29.5. The van der Waals surface area contributed by atoms with E-state index in [1.54, 1.807) is 19.2 Å². The maximum absolute atomic E-state index is 13.5. The van der Waals surface area contributed by atoms with Crippen molar-refractivity contribution in [1.82, 2.24) is 4.90 Å². The van der Waals surface area contributed by atoms with Gasteiger partial charge in [0.05, 0.1) is 19.2 Å². The minimum atomic E-state index is -0.671. The number of carbonyl (C=O) groups is 2. The van der Waals surface area contributed by atoms with Gasteiger partial charge in [0, 0.05) is 12.2 Å². The minimum absolute atomic E-state index is 0.0753. The number of amides is 2. The molecule has 1 heterocycles. The van der Waals surface area contributed by atoms with Crippen molar-refractivity contribution in [2.45, 2.75) is 25.8 Å². The molecule has 0 aromatic heterocycles. The lowest BCUT2D eigenvalue weighted by Crippen LogP contribution is -2.48. The molecule has 1 aliphatic rings. The van der Waals surface area contributed by atoms with Crippen LogP contribution in [0, 0.1) is 6.92 Å². The minimum Gasteiger partial charge on any atom is -0.497 e. The van der Waals surface area contributed by atoms with E-state index in [-0.39, 0.29) is 18.2 Å². The summed E-state index contributed by atoms with van der Waals surface area (Å²) in [6, 6.07) is 24.1. The summed E-state index contributed by atoms with van der Waals surface area (Å²) < 4.78 is 5.22. The van der Waals surface area contributed by atoms with Gasteiger partial charge in [0.2, 0.25) is 5.91 Å². The number of rotatable bonds is 7. The zero-order valence-corrected chi connectivity index (χ0v) is 20.0. The molecule has 174 valence electrons. The first-order chi connectivity index (χ1) is 16.5. The first-order valence-electron chi connectivity index (χ1n) is 11.2. The van der Waals surface area contributed by atoms with E-state index in [1.807, 2.05) is 78.6 Å². The number of benzene rings is 3. The Labute approximate surface area is 205 Å². The van der Waals surface area contributed by atoms with Gasteiger partial charge in [-0.2, -0.15) is 0 Å². The van der Waals surface area contributed by atoms with E-state index in [1.165, 1.54) is 4.90 Å². The molecule has 7 heteroatoms. The van der Waals surface area contributed by atoms with Crippen molar-refractivity contribution in [2.75, 3.05) is 23.9 Å². The van der Waals surface area contributed by atoms with Crippen molar-refractivity contribution in [1.29, 1.82) is 0 Å². The van der Waals surface area contributed by atoms with E-state index < -0.39 is 6.04 Å². The number of methoxy groups -OCH3 is 1. The van der Waals surface area contributed by atoms with Crippen molar-refractivity contribution in [3.8, 4) is 5.75 Å². The van der Waals surface area contributed by atoms with Crippen LogP contribution in [0.3, 0.4) is 0 Å². The van der Waals surface area contributed by atoms with Crippen molar-refractivity contribution in [2.24, 2.45) is 0 Å². The average molecular weight is 474 g/mol. The van der Waals surface area contributed by atoms with Crippen LogP contribution >= 0.6 is 12.2 Å². The second-order valence-electron chi connectivity index (χ2n) is 8.21. The Morgan fingerprint density at radius 1 is 1.03 bits per heavy atom. The van der Waals surface area contributed by atoms with Gasteiger partial charge < -0.3 is 15.0 Å². The zero-order chi connectivity index (χ0) is 24.1. The standard InChI is InChI=1S/C27H27N3O3S/c1-19-8-12-22(13-9-19)30-25(31)18-24(26(30)32)29(17-16-20-6-4-3-5-7-20)27(34)28-21-10-14-23(33-2)15-11-21/h3-15,24H,16-18H2,1-2H3,(H,28,34). The highest BCUT2D eigenvalue weighted by Gasteiger charge is 2.43. The van der Waals surface area contributed by atoms with Crippen LogP contribution in [0.5, 0.6) is 5.75 Å². The number of carbonyl (C=O) groups excluding carboxylic acids is 2. The van der Waals surface area contributed by atoms with Gasteiger partial charge in [-0.15, -0.1) is 0 Å². The van der Waals surface area contributed by atoms with E-state index in [9.17, 15) is 9.59 Å². The summed E-state index contributed by atoms with van der Waals surface area (Å²) in [5.41, 5.74) is 3.56. The molecule has 0 spiro atoms. The van der Waals surface area contributed by atoms with Crippen LogP contribution in [0.1, 0.15) is 17.5 Å². The Kier molecular flexibility index (Phi) is 7.23. The summed E-state index contributed by atoms with van der Waals surface area (Å²) >= 11 is 5.74. The maximum Gasteiger partial charge on any atom is 0.257 e. The number of imide groups is 1. The molecule has 1 fully saturated rings. The quantitative estimate of drug-likeness (QED) is 0.401. The zero-order valence-electron chi connectivity index (χ0n) is 19.2. The van der Waals surface area contributed by atoms with E-state index in [4.69, 9.17) is 17.0 Å². The predicted octanol–water partition coefficient (Wildman–Crippen LogP) is 4.58. The fourth-order valence-corrected chi connectivity index (χ4v) is 4.32. The van der Waals surface area contributed by atoms with Crippen LogP contribution in [-0.2, 0) is 16.0 Å². The Morgan fingerprint density at radius 2 is 1.71 bits per heavy atom. The van der Waals surface area contributed by atoms with Crippen LogP contribution in [0.4, 0.5) is 11.4 Å². The van der Waals surface area contributed by atoms with Crippen molar-refractivity contribution in [3.05, 3.63) is 90.0 Å². The summed E-state index contributed by atoms with van der Waals surface area (Å²) in [6.07, 6.45) is 0.764. The lowest BCUT2D eigenvalue weighted by atomic mass is 10.1. The molecule has 0 radical (unpaired) electrons. The molecule has 1 saturated heterocycles. The number of thiocarbonyl (C=S) groups is 1. The monoisotopic (exact) mass is 473 g/mol. The molecule has 1 atom stereocenters. The predicted molar refractivity (Wildman–Crippen MR) is 138 cm³/mol. The number of ether oxygens (including phenoxy) is 1. The fourth-order valence-electron chi connectivity index (χ4n) is 3.99.